The highest BCUT2D eigenvalue weighted by Crippen LogP contribution is 2.22. The lowest BCUT2D eigenvalue weighted by atomic mass is 10.2. The minimum atomic E-state index is -0.204. The zero-order chi connectivity index (χ0) is 13.0. The Kier molecular flexibility index (Phi) is 4.77. The summed E-state index contributed by atoms with van der Waals surface area (Å²) in [7, 11) is 2.17. The van der Waals surface area contributed by atoms with E-state index in [-0.39, 0.29) is 5.56 Å². The van der Waals surface area contributed by atoms with Gasteiger partial charge in [0.05, 0.1) is 11.9 Å². The molecule has 1 fully saturated rings. The van der Waals surface area contributed by atoms with Gasteiger partial charge in [0.1, 0.15) is 4.47 Å². The Morgan fingerprint density at radius 2 is 2.28 bits per heavy atom. The first-order valence-electron chi connectivity index (χ1n) is 6.36. The molecule has 1 aliphatic rings. The first-order valence-corrected chi connectivity index (χ1v) is 7.15. The molecular weight excluding hydrogens is 296 g/mol. The SMILES string of the molecule is CN(CCNc1cn[nH]c(=O)c1Br)C1CCCC1. The van der Waals surface area contributed by atoms with Gasteiger partial charge in [-0.1, -0.05) is 12.8 Å². The van der Waals surface area contributed by atoms with Crippen molar-refractivity contribution in [3.63, 3.8) is 0 Å². The molecule has 1 aliphatic carbocycles. The van der Waals surface area contributed by atoms with E-state index in [0.717, 1.165) is 24.8 Å². The van der Waals surface area contributed by atoms with E-state index < -0.39 is 0 Å². The summed E-state index contributed by atoms with van der Waals surface area (Å²) in [6, 6.07) is 0.729. The molecule has 1 aromatic heterocycles. The van der Waals surface area contributed by atoms with Crippen LogP contribution in [0.1, 0.15) is 25.7 Å². The lowest BCUT2D eigenvalue weighted by molar-refractivity contribution is 0.254. The summed E-state index contributed by atoms with van der Waals surface area (Å²) in [5.41, 5.74) is 0.544. The van der Waals surface area contributed by atoms with Gasteiger partial charge in [-0.3, -0.25) is 4.79 Å². The van der Waals surface area contributed by atoms with Crippen LogP contribution in [-0.4, -0.2) is 41.3 Å². The number of H-pyrrole nitrogens is 1. The van der Waals surface area contributed by atoms with Crippen molar-refractivity contribution in [2.45, 2.75) is 31.7 Å². The molecule has 1 aromatic rings. The van der Waals surface area contributed by atoms with Crippen molar-refractivity contribution < 1.29 is 0 Å². The second-order valence-electron chi connectivity index (χ2n) is 4.77. The molecular formula is C12H19BrN4O. The molecule has 0 aromatic carbocycles. The highest BCUT2D eigenvalue weighted by atomic mass is 79.9. The molecule has 0 atom stereocenters. The summed E-state index contributed by atoms with van der Waals surface area (Å²) in [5.74, 6) is 0. The Bertz CT molecular complexity index is 442. The molecule has 0 spiro atoms. The maximum atomic E-state index is 11.3. The molecule has 0 aliphatic heterocycles. The number of likely N-dealkylation sites (N-methyl/N-ethyl adjacent to an activating group) is 1. The molecule has 6 heteroatoms. The van der Waals surface area contributed by atoms with Crippen molar-refractivity contribution in [3.8, 4) is 0 Å². The molecule has 1 heterocycles. The van der Waals surface area contributed by atoms with Crippen LogP contribution in [0.25, 0.3) is 0 Å². The third-order valence-corrected chi connectivity index (χ3v) is 4.31. The highest BCUT2D eigenvalue weighted by molar-refractivity contribution is 9.10. The van der Waals surface area contributed by atoms with E-state index in [1.165, 1.54) is 25.7 Å². The second kappa shape index (κ2) is 6.33. The zero-order valence-corrected chi connectivity index (χ0v) is 12.2. The quantitative estimate of drug-likeness (QED) is 0.870. The highest BCUT2D eigenvalue weighted by Gasteiger charge is 2.18. The van der Waals surface area contributed by atoms with Crippen molar-refractivity contribution in [2.24, 2.45) is 0 Å². The summed E-state index contributed by atoms with van der Waals surface area (Å²) in [5, 5.41) is 9.39. The number of aromatic amines is 1. The van der Waals surface area contributed by atoms with E-state index in [1.54, 1.807) is 6.20 Å². The summed E-state index contributed by atoms with van der Waals surface area (Å²) >= 11 is 3.25. The molecule has 1 saturated carbocycles. The lowest BCUT2D eigenvalue weighted by Gasteiger charge is -2.24. The van der Waals surface area contributed by atoms with E-state index >= 15 is 0 Å². The molecule has 0 amide bonds. The second-order valence-corrected chi connectivity index (χ2v) is 5.57. The van der Waals surface area contributed by atoms with Crippen LogP contribution in [0, 0.1) is 0 Å². The average molecular weight is 315 g/mol. The smallest absolute Gasteiger partial charge is 0.280 e. The Hall–Kier alpha value is -0.880. The molecule has 2 rings (SSSR count). The normalized spacial score (nSPS) is 16.4. The summed E-state index contributed by atoms with van der Waals surface area (Å²) in [6.07, 6.45) is 6.96. The molecule has 5 nitrogen and oxygen atoms in total. The number of hydrogen-bond acceptors (Lipinski definition) is 4. The zero-order valence-electron chi connectivity index (χ0n) is 10.6. The molecule has 18 heavy (non-hydrogen) atoms. The van der Waals surface area contributed by atoms with Gasteiger partial charge in [0.15, 0.2) is 0 Å². The van der Waals surface area contributed by atoms with Crippen LogP contribution in [0.3, 0.4) is 0 Å². The van der Waals surface area contributed by atoms with Crippen LogP contribution in [0.5, 0.6) is 0 Å². The molecule has 100 valence electrons. The van der Waals surface area contributed by atoms with Gasteiger partial charge < -0.3 is 10.2 Å². The van der Waals surface area contributed by atoms with Crippen LogP contribution in [-0.2, 0) is 0 Å². The number of anilines is 1. The monoisotopic (exact) mass is 314 g/mol. The molecule has 0 radical (unpaired) electrons. The van der Waals surface area contributed by atoms with Crippen LogP contribution in [0.2, 0.25) is 0 Å². The lowest BCUT2D eigenvalue weighted by Crippen LogP contribution is -2.33. The van der Waals surface area contributed by atoms with Crippen molar-refractivity contribution in [1.82, 2.24) is 15.1 Å². The molecule has 2 N–H and O–H groups in total. The van der Waals surface area contributed by atoms with Gasteiger partial charge in [0.2, 0.25) is 0 Å². The number of nitrogens with zero attached hydrogens (tertiary/aromatic N) is 2. The van der Waals surface area contributed by atoms with E-state index in [9.17, 15) is 4.79 Å². The number of rotatable bonds is 5. The third-order valence-electron chi connectivity index (χ3n) is 3.52. The first-order chi connectivity index (χ1) is 8.68. The fourth-order valence-electron chi connectivity index (χ4n) is 2.40. The van der Waals surface area contributed by atoms with Crippen LogP contribution >= 0.6 is 15.9 Å². The van der Waals surface area contributed by atoms with Gasteiger partial charge in [-0.2, -0.15) is 5.10 Å². The Labute approximate surface area is 115 Å². The van der Waals surface area contributed by atoms with Crippen molar-refractivity contribution in [3.05, 3.63) is 21.0 Å². The minimum Gasteiger partial charge on any atom is -0.381 e. The van der Waals surface area contributed by atoms with Gasteiger partial charge in [-0.15, -0.1) is 0 Å². The van der Waals surface area contributed by atoms with Gasteiger partial charge in [-0.05, 0) is 35.8 Å². The van der Waals surface area contributed by atoms with Crippen molar-refractivity contribution >= 4 is 21.6 Å². The largest absolute Gasteiger partial charge is 0.381 e. The fourth-order valence-corrected chi connectivity index (χ4v) is 2.73. The van der Waals surface area contributed by atoms with Gasteiger partial charge in [-0.25, -0.2) is 5.10 Å². The van der Waals surface area contributed by atoms with Gasteiger partial charge in [0.25, 0.3) is 5.56 Å². The fraction of sp³-hybridized carbons (Fsp3) is 0.667. The maximum Gasteiger partial charge on any atom is 0.280 e. The van der Waals surface area contributed by atoms with E-state index in [2.05, 4.69) is 43.4 Å². The Morgan fingerprint density at radius 1 is 1.56 bits per heavy atom. The maximum absolute atomic E-state index is 11.3. The summed E-state index contributed by atoms with van der Waals surface area (Å²) < 4.78 is 0.515. The van der Waals surface area contributed by atoms with Gasteiger partial charge >= 0.3 is 0 Å². The average Bonchev–Trinajstić information content (AvgIpc) is 2.88. The summed E-state index contributed by atoms with van der Waals surface area (Å²) in [4.78, 5) is 13.7. The van der Waals surface area contributed by atoms with Crippen LogP contribution in [0.15, 0.2) is 15.5 Å². The first kappa shape index (κ1) is 13.5. The predicted molar refractivity (Wildman–Crippen MR) is 75.9 cm³/mol. The third kappa shape index (κ3) is 3.32. The molecule has 0 unspecified atom stereocenters. The Balaban J connectivity index is 1.81. The van der Waals surface area contributed by atoms with E-state index in [0.29, 0.717) is 4.47 Å². The predicted octanol–water partition coefficient (Wildman–Crippen LogP) is 1.82. The van der Waals surface area contributed by atoms with Crippen molar-refractivity contribution in [2.75, 3.05) is 25.5 Å². The molecule has 0 bridgehead atoms. The van der Waals surface area contributed by atoms with E-state index in [1.807, 2.05) is 0 Å². The Morgan fingerprint density at radius 3 is 3.00 bits per heavy atom. The number of hydrogen-bond donors (Lipinski definition) is 2. The number of aromatic nitrogens is 2. The van der Waals surface area contributed by atoms with E-state index in [4.69, 9.17) is 0 Å². The summed E-state index contributed by atoms with van der Waals surface area (Å²) in [6.45, 7) is 1.79. The standard InChI is InChI=1S/C12H19BrN4O/c1-17(9-4-2-3-5-9)7-6-14-10-8-15-16-12(18)11(10)13/h8-9H,2-7H2,1H3,(H2,14,16,18). The topological polar surface area (TPSA) is 61.0 Å². The minimum absolute atomic E-state index is 0.204. The van der Waals surface area contributed by atoms with Gasteiger partial charge in [0, 0.05) is 19.1 Å². The van der Waals surface area contributed by atoms with Crippen molar-refractivity contribution in [1.29, 1.82) is 0 Å². The number of halogens is 1. The number of nitrogens with one attached hydrogen (secondary N) is 2. The van der Waals surface area contributed by atoms with Crippen LogP contribution in [0.4, 0.5) is 5.69 Å². The molecule has 0 saturated heterocycles. The van der Waals surface area contributed by atoms with Crippen LogP contribution < -0.4 is 10.9 Å².